The molecule has 0 unspecified atom stereocenters. The smallest absolute Gasteiger partial charge is 0.120 e. The molecule has 0 aromatic heterocycles. The third-order valence-electron chi connectivity index (χ3n) is 3.19. The van der Waals surface area contributed by atoms with Crippen molar-refractivity contribution in [3.05, 3.63) is 53.1 Å². The van der Waals surface area contributed by atoms with Gasteiger partial charge in [-0.15, -0.1) is 0 Å². The van der Waals surface area contributed by atoms with Gasteiger partial charge in [-0.1, -0.05) is 30.0 Å². The minimum Gasteiger partial charge on any atom is -0.497 e. The fourth-order valence-corrected chi connectivity index (χ4v) is 3.33. The maximum Gasteiger partial charge on any atom is 0.120 e. The largest absolute Gasteiger partial charge is 0.497 e. The molecule has 0 radical (unpaired) electrons. The van der Waals surface area contributed by atoms with Crippen LogP contribution in [-0.4, -0.2) is 12.2 Å². The molecule has 0 aliphatic carbocycles. The van der Waals surface area contributed by atoms with E-state index in [1.54, 1.807) is 18.9 Å². The highest BCUT2D eigenvalue weighted by molar-refractivity contribution is 7.99. The molecule has 0 saturated carbocycles. The van der Waals surface area contributed by atoms with Crippen LogP contribution in [0.4, 0.5) is 0 Å². The molecule has 0 bridgehead atoms. The van der Waals surface area contributed by atoms with Crippen LogP contribution < -0.4 is 4.74 Å². The Morgan fingerprint density at radius 1 is 1.11 bits per heavy atom. The van der Waals surface area contributed by atoms with Gasteiger partial charge in [0.15, 0.2) is 0 Å². The van der Waals surface area contributed by atoms with Crippen molar-refractivity contribution in [1.29, 1.82) is 0 Å². The maximum atomic E-state index is 9.19. The van der Waals surface area contributed by atoms with Crippen LogP contribution in [0.3, 0.4) is 0 Å². The molecule has 0 fully saturated rings. The highest BCUT2D eigenvalue weighted by Crippen LogP contribution is 2.41. The van der Waals surface area contributed by atoms with Crippen molar-refractivity contribution in [3.8, 4) is 5.75 Å². The van der Waals surface area contributed by atoms with E-state index in [2.05, 4.69) is 24.3 Å². The SMILES string of the molecule is COc1ccc2c(c1)Sc1cc(CO)ccc1C2. The highest BCUT2D eigenvalue weighted by Gasteiger charge is 2.16. The van der Waals surface area contributed by atoms with Crippen molar-refractivity contribution in [3.63, 3.8) is 0 Å². The Bertz CT molecular complexity index is 542. The number of aliphatic hydroxyl groups is 1. The zero-order chi connectivity index (χ0) is 12.5. The highest BCUT2D eigenvalue weighted by atomic mass is 32.2. The van der Waals surface area contributed by atoms with Gasteiger partial charge in [0.05, 0.1) is 13.7 Å². The van der Waals surface area contributed by atoms with E-state index in [0.29, 0.717) is 0 Å². The van der Waals surface area contributed by atoms with Gasteiger partial charge in [0.1, 0.15) is 5.75 Å². The first kappa shape index (κ1) is 11.6. The van der Waals surface area contributed by atoms with Crippen molar-refractivity contribution < 1.29 is 9.84 Å². The Morgan fingerprint density at radius 3 is 2.56 bits per heavy atom. The van der Waals surface area contributed by atoms with Crippen molar-refractivity contribution in [2.75, 3.05) is 7.11 Å². The number of fused-ring (bicyclic) bond motifs is 2. The number of benzene rings is 2. The zero-order valence-electron chi connectivity index (χ0n) is 10.1. The molecular weight excluding hydrogens is 244 g/mol. The van der Waals surface area contributed by atoms with E-state index < -0.39 is 0 Å². The molecule has 18 heavy (non-hydrogen) atoms. The van der Waals surface area contributed by atoms with Crippen LogP contribution >= 0.6 is 11.8 Å². The van der Waals surface area contributed by atoms with Gasteiger partial charge >= 0.3 is 0 Å². The summed E-state index contributed by atoms with van der Waals surface area (Å²) in [5.74, 6) is 0.892. The molecule has 2 aromatic rings. The third-order valence-corrected chi connectivity index (χ3v) is 4.39. The van der Waals surface area contributed by atoms with Gasteiger partial charge in [-0.05, 0) is 41.3 Å². The van der Waals surface area contributed by atoms with E-state index in [1.807, 2.05) is 12.1 Å². The standard InChI is InChI=1S/C15H14O2S/c1-17-13-5-4-12-7-11-3-2-10(9-16)6-14(11)18-15(12)8-13/h2-6,8,16H,7,9H2,1H3. The zero-order valence-corrected chi connectivity index (χ0v) is 11.0. The molecule has 2 nitrogen and oxygen atoms in total. The summed E-state index contributed by atoms with van der Waals surface area (Å²) in [7, 11) is 1.69. The van der Waals surface area contributed by atoms with E-state index in [4.69, 9.17) is 4.74 Å². The van der Waals surface area contributed by atoms with Crippen LogP contribution in [0.5, 0.6) is 5.75 Å². The number of hydrogen-bond donors (Lipinski definition) is 1. The minimum atomic E-state index is 0.0960. The van der Waals surface area contributed by atoms with Gasteiger partial charge < -0.3 is 9.84 Å². The fraction of sp³-hybridized carbons (Fsp3) is 0.200. The van der Waals surface area contributed by atoms with Gasteiger partial charge in [0.2, 0.25) is 0 Å². The lowest BCUT2D eigenvalue weighted by Crippen LogP contribution is -2.01. The molecule has 1 aliphatic rings. The molecule has 1 heterocycles. The summed E-state index contributed by atoms with van der Waals surface area (Å²) in [4.78, 5) is 2.49. The first-order chi connectivity index (χ1) is 8.80. The van der Waals surface area contributed by atoms with Crippen LogP contribution in [0.2, 0.25) is 0 Å². The Hall–Kier alpha value is -1.45. The summed E-state index contributed by atoms with van der Waals surface area (Å²) in [6, 6.07) is 12.4. The summed E-state index contributed by atoms with van der Waals surface area (Å²) >= 11 is 1.75. The van der Waals surface area contributed by atoms with E-state index in [-0.39, 0.29) is 6.61 Å². The van der Waals surface area contributed by atoms with Gasteiger partial charge in [0.25, 0.3) is 0 Å². The van der Waals surface area contributed by atoms with E-state index >= 15 is 0 Å². The molecule has 0 saturated heterocycles. The number of aliphatic hydroxyl groups excluding tert-OH is 1. The van der Waals surface area contributed by atoms with Crippen molar-refractivity contribution in [1.82, 2.24) is 0 Å². The summed E-state index contributed by atoms with van der Waals surface area (Å²) in [6.07, 6.45) is 0.952. The average Bonchev–Trinajstić information content (AvgIpc) is 2.43. The minimum absolute atomic E-state index is 0.0960. The van der Waals surface area contributed by atoms with E-state index in [9.17, 15) is 5.11 Å². The molecule has 0 spiro atoms. The second kappa shape index (κ2) is 4.67. The predicted molar refractivity (Wildman–Crippen MR) is 72.3 cm³/mol. The number of rotatable bonds is 2. The second-order valence-electron chi connectivity index (χ2n) is 4.35. The lowest BCUT2D eigenvalue weighted by Gasteiger charge is -2.20. The Kier molecular flexibility index (Phi) is 3.02. The molecule has 3 rings (SSSR count). The van der Waals surface area contributed by atoms with Gasteiger partial charge in [-0.3, -0.25) is 0 Å². The van der Waals surface area contributed by atoms with E-state index in [1.165, 1.54) is 20.9 Å². The van der Waals surface area contributed by atoms with Crippen LogP contribution in [0, 0.1) is 0 Å². The Morgan fingerprint density at radius 2 is 1.83 bits per heavy atom. The normalized spacial score (nSPS) is 12.8. The predicted octanol–water partition coefficient (Wildman–Crippen LogP) is 3.24. The molecular formula is C15H14O2S. The number of hydrogen-bond acceptors (Lipinski definition) is 3. The number of ether oxygens (including phenoxy) is 1. The van der Waals surface area contributed by atoms with Gasteiger partial charge in [-0.25, -0.2) is 0 Å². The van der Waals surface area contributed by atoms with Crippen molar-refractivity contribution in [2.24, 2.45) is 0 Å². The second-order valence-corrected chi connectivity index (χ2v) is 5.44. The van der Waals surface area contributed by atoms with Gasteiger partial charge in [-0.2, -0.15) is 0 Å². The molecule has 3 heteroatoms. The molecule has 1 aliphatic heterocycles. The molecule has 0 atom stereocenters. The molecule has 0 amide bonds. The summed E-state index contributed by atoms with van der Waals surface area (Å²) in [5.41, 5.74) is 3.63. The molecule has 1 N–H and O–H groups in total. The quantitative estimate of drug-likeness (QED) is 0.765. The van der Waals surface area contributed by atoms with Crippen LogP contribution in [0.15, 0.2) is 46.2 Å². The van der Waals surface area contributed by atoms with Crippen LogP contribution in [0.25, 0.3) is 0 Å². The topological polar surface area (TPSA) is 29.5 Å². The summed E-state index contributed by atoms with van der Waals surface area (Å²) < 4.78 is 5.26. The lowest BCUT2D eigenvalue weighted by atomic mass is 10.0. The molecule has 2 aromatic carbocycles. The van der Waals surface area contributed by atoms with Crippen molar-refractivity contribution >= 4 is 11.8 Å². The number of methoxy groups -OCH3 is 1. The maximum absolute atomic E-state index is 9.19. The van der Waals surface area contributed by atoms with Crippen LogP contribution in [-0.2, 0) is 13.0 Å². The monoisotopic (exact) mass is 258 g/mol. The van der Waals surface area contributed by atoms with E-state index in [0.717, 1.165) is 17.7 Å². The van der Waals surface area contributed by atoms with Crippen molar-refractivity contribution in [2.45, 2.75) is 22.8 Å². The van der Waals surface area contributed by atoms with Gasteiger partial charge in [0, 0.05) is 9.79 Å². The average molecular weight is 258 g/mol. The summed E-state index contributed by atoms with van der Waals surface area (Å²) in [6.45, 7) is 0.0960. The Labute approximate surface area is 111 Å². The lowest BCUT2D eigenvalue weighted by molar-refractivity contribution is 0.281. The van der Waals surface area contributed by atoms with Crippen LogP contribution in [0.1, 0.15) is 16.7 Å². The summed E-state index contributed by atoms with van der Waals surface area (Å²) in [5, 5.41) is 9.19. The first-order valence-electron chi connectivity index (χ1n) is 5.87. The fourth-order valence-electron chi connectivity index (χ4n) is 2.16. The first-order valence-corrected chi connectivity index (χ1v) is 6.69. The third kappa shape index (κ3) is 2.00. The Balaban J connectivity index is 2.01. The molecule has 92 valence electrons.